The fourth-order valence-corrected chi connectivity index (χ4v) is 1.61. The van der Waals surface area contributed by atoms with E-state index in [1.807, 2.05) is 6.92 Å². The maximum absolute atomic E-state index is 11.6. The first kappa shape index (κ1) is 10.4. The van der Waals surface area contributed by atoms with Crippen molar-refractivity contribution < 1.29 is 4.79 Å². The zero-order chi connectivity index (χ0) is 9.68. The maximum atomic E-state index is 11.6. The number of rotatable bonds is 4. The quantitative estimate of drug-likeness (QED) is 0.716. The van der Waals surface area contributed by atoms with E-state index in [2.05, 4.69) is 9.59 Å². The van der Waals surface area contributed by atoms with Crippen LogP contribution in [0, 0.1) is 0 Å². The van der Waals surface area contributed by atoms with E-state index < -0.39 is 0 Å². The Morgan fingerprint density at radius 2 is 2.54 bits per heavy atom. The molecular formula is C7H10ClN3OS. The second-order valence-corrected chi connectivity index (χ2v) is 3.52. The van der Waals surface area contributed by atoms with Crippen LogP contribution in [0.25, 0.3) is 0 Å². The molecule has 13 heavy (non-hydrogen) atoms. The summed E-state index contributed by atoms with van der Waals surface area (Å²) in [6.07, 6.45) is 1.48. The largest absolute Gasteiger partial charge is 0.337 e. The summed E-state index contributed by atoms with van der Waals surface area (Å²) in [7, 11) is 0. The first-order valence-electron chi connectivity index (χ1n) is 3.92. The van der Waals surface area contributed by atoms with Crippen LogP contribution in [0.4, 0.5) is 0 Å². The van der Waals surface area contributed by atoms with Crippen LogP contribution in [0.2, 0.25) is 0 Å². The van der Waals surface area contributed by atoms with Crippen LogP contribution in [-0.2, 0) is 0 Å². The van der Waals surface area contributed by atoms with Crippen molar-refractivity contribution in [1.82, 2.24) is 14.5 Å². The summed E-state index contributed by atoms with van der Waals surface area (Å²) in [6.45, 7) is 3.14. The van der Waals surface area contributed by atoms with Crippen LogP contribution in [0.1, 0.15) is 16.6 Å². The topological polar surface area (TPSA) is 46.1 Å². The molecule has 1 heterocycles. The third-order valence-corrected chi connectivity index (χ3v) is 2.42. The molecule has 6 heteroatoms. The number of aromatic nitrogens is 2. The molecule has 0 spiro atoms. The Bertz CT molecular complexity index is 265. The van der Waals surface area contributed by atoms with E-state index in [0.717, 1.165) is 11.5 Å². The highest BCUT2D eigenvalue weighted by Gasteiger charge is 2.15. The van der Waals surface area contributed by atoms with Gasteiger partial charge < -0.3 is 4.90 Å². The lowest BCUT2D eigenvalue weighted by atomic mass is 10.4. The summed E-state index contributed by atoms with van der Waals surface area (Å²) in [5, 5.41) is 3.61. The zero-order valence-electron chi connectivity index (χ0n) is 7.23. The van der Waals surface area contributed by atoms with E-state index in [0.29, 0.717) is 23.8 Å². The molecule has 0 aliphatic heterocycles. The fraction of sp³-hybridized carbons (Fsp3) is 0.571. The standard InChI is InChI=1S/C7H10ClN3OS/c1-2-11(4-3-8)7(12)6-5-9-10-13-6/h5H,2-4H2,1H3. The molecule has 72 valence electrons. The lowest BCUT2D eigenvalue weighted by molar-refractivity contribution is 0.0778. The minimum atomic E-state index is -0.0434. The van der Waals surface area contributed by atoms with Gasteiger partial charge >= 0.3 is 0 Å². The lowest BCUT2D eigenvalue weighted by Crippen LogP contribution is -2.31. The first-order valence-corrected chi connectivity index (χ1v) is 5.23. The minimum absolute atomic E-state index is 0.0434. The van der Waals surface area contributed by atoms with Gasteiger partial charge in [-0.1, -0.05) is 4.49 Å². The van der Waals surface area contributed by atoms with Crippen molar-refractivity contribution in [3.63, 3.8) is 0 Å². The SMILES string of the molecule is CCN(CCCl)C(=O)c1cnns1. The van der Waals surface area contributed by atoms with Crippen molar-refractivity contribution in [3.05, 3.63) is 11.1 Å². The van der Waals surface area contributed by atoms with Crippen LogP contribution in [0.15, 0.2) is 6.20 Å². The molecule has 0 fully saturated rings. The van der Waals surface area contributed by atoms with E-state index in [1.54, 1.807) is 4.90 Å². The molecule has 0 saturated carbocycles. The van der Waals surface area contributed by atoms with Gasteiger partial charge in [0.05, 0.1) is 6.20 Å². The van der Waals surface area contributed by atoms with E-state index in [1.165, 1.54) is 6.20 Å². The molecule has 0 N–H and O–H groups in total. The number of alkyl halides is 1. The third-order valence-electron chi connectivity index (χ3n) is 1.60. The summed E-state index contributed by atoms with van der Waals surface area (Å²) >= 11 is 6.66. The molecule has 0 aliphatic carbocycles. The average Bonchev–Trinajstić information content (AvgIpc) is 2.65. The van der Waals surface area contributed by atoms with Crippen molar-refractivity contribution in [2.24, 2.45) is 0 Å². The minimum Gasteiger partial charge on any atom is -0.337 e. The fourth-order valence-electron chi connectivity index (χ4n) is 0.923. The first-order chi connectivity index (χ1) is 6.29. The highest BCUT2D eigenvalue weighted by atomic mass is 35.5. The normalized spacial score (nSPS) is 10.0. The Labute approximate surface area is 85.7 Å². The Morgan fingerprint density at radius 1 is 1.77 bits per heavy atom. The Balaban J connectivity index is 2.65. The van der Waals surface area contributed by atoms with Gasteiger partial charge in [-0.2, -0.15) is 0 Å². The summed E-state index contributed by atoms with van der Waals surface area (Å²) in [5.41, 5.74) is 0. The maximum Gasteiger partial charge on any atom is 0.267 e. The van der Waals surface area contributed by atoms with Gasteiger partial charge in [0.25, 0.3) is 5.91 Å². The molecule has 0 radical (unpaired) electrons. The molecule has 0 bridgehead atoms. The average molecular weight is 220 g/mol. The molecule has 0 aliphatic rings. The van der Waals surface area contributed by atoms with Crippen LogP contribution in [0.5, 0.6) is 0 Å². The number of amides is 1. The van der Waals surface area contributed by atoms with Gasteiger partial charge in [-0.25, -0.2) is 0 Å². The van der Waals surface area contributed by atoms with Gasteiger partial charge in [-0.05, 0) is 18.5 Å². The second kappa shape index (κ2) is 5.14. The van der Waals surface area contributed by atoms with Gasteiger partial charge in [0.15, 0.2) is 0 Å². The lowest BCUT2D eigenvalue weighted by Gasteiger charge is -2.17. The Hall–Kier alpha value is -0.680. The monoisotopic (exact) mass is 219 g/mol. The zero-order valence-corrected chi connectivity index (χ0v) is 8.81. The van der Waals surface area contributed by atoms with Crippen LogP contribution in [0.3, 0.4) is 0 Å². The highest BCUT2D eigenvalue weighted by Crippen LogP contribution is 2.06. The molecule has 1 amide bonds. The van der Waals surface area contributed by atoms with Crippen LogP contribution in [-0.4, -0.2) is 39.4 Å². The third kappa shape index (κ3) is 2.63. The Kier molecular flexibility index (Phi) is 4.11. The molecule has 0 atom stereocenters. The summed E-state index contributed by atoms with van der Waals surface area (Å²) < 4.78 is 3.63. The number of hydrogen-bond donors (Lipinski definition) is 0. The Morgan fingerprint density at radius 3 is 3.00 bits per heavy atom. The molecule has 1 aromatic heterocycles. The molecular weight excluding hydrogens is 210 g/mol. The number of hydrogen-bond acceptors (Lipinski definition) is 4. The van der Waals surface area contributed by atoms with E-state index in [4.69, 9.17) is 11.6 Å². The molecule has 0 saturated heterocycles. The predicted molar refractivity (Wildman–Crippen MR) is 52.2 cm³/mol. The van der Waals surface area contributed by atoms with Crippen molar-refractivity contribution in [3.8, 4) is 0 Å². The smallest absolute Gasteiger partial charge is 0.267 e. The van der Waals surface area contributed by atoms with Crippen molar-refractivity contribution >= 4 is 29.0 Å². The summed E-state index contributed by atoms with van der Waals surface area (Å²) in [6, 6.07) is 0. The predicted octanol–water partition coefficient (Wildman–Crippen LogP) is 1.24. The summed E-state index contributed by atoms with van der Waals surface area (Å²) in [5.74, 6) is 0.407. The molecule has 4 nitrogen and oxygen atoms in total. The van der Waals surface area contributed by atoms with Crippen LogP contribution >= 0.6 is 23.1 Å². The molecule has 1 rings (SSSR count). The van der Waals surface area contributed by atoms with Crippen LogP contribution < -0.4 is 0 Å². The van der Waals surface area contributed by atoms with Gasteiger partial charge in [0.2, 0.25) is 0 Å². The van der Waals surface area contributed by atoms with Crippen molar-refractivity contribution in [2.45, 2.75) is 6.92 Å². The highest BCUT2D eigenvalue weighted by molar-refractivity contribution is 7.07. The summed E-state index contributed by atoms with van der Waals surface area (Å²) in [4.78, 5) is 13.9. The number of nitrogens with zero attached hydrogens (tertiary/aromatic N) is 3. The van der Waals surface area contributed by atoms with E-state index >= 15 is 0 Å². The number of halogens is 1. The van der Waals surface area contributed by atoms with E-state index in [9.17, 15) is 4.79 Å². The van der Waals surface area contributed by atoms with Gasteiger partial charge in [0.1, 0.15) is 4.88 Å². The van der Waals surface area contributed by atoms with Gasteiger partial charge in [0, 0.05) is 19.0 Å². The second-order valence-electron chi connectivity index (χ2n) is 2.36. The number of carbonyl (C=O) groups excluding carboxylic acids is 1. The van der Waals surface area contributed by atoms with Gasteiger partial charge in [-0.15, -0.1) is 16.7 Å². The van der Waals surface area contributed by atoms with Gasteiger partial charge in [-0.3, -0.25) is 4.79 Å². The van der Waals surface area contributed by atoms with Crippen molar-refractivity contribution in [1.29, 1.82) is 0 Å². The van der Waals surface area contributed by atoms with E-state index in [-0.39, 0.29) is 5.91 Å². The van der Waals surface area contributed by atoms with Crippen molar-refractivity contribution in [2.75, 3.05) is 19.0 Å². The number of carbonyl (C=O) groups is 1. The molecule has 0 aromatic carbocycles. The molecule has 1 aromatic rings. The molecule has 0 unspecified atom stereocenters.